The summed E-state index contributed by atoms with van der Waals surface area (Å²) in [5.74, 6) is -1.07. The maximum absolute atomic E-state index is 12.3. The third-order valence-electron chi connectivity index (χ3n) is 4.11. The van der Waals surface area contributed by atoms with Gasteiger partial charge in [-0.05, 0) is 47.7 Å². The Morgan fingerprint density at radius 3 is 2.74 bits per heavy atom. The lowest BCUT2D eigenvalue weighted by Crippen LogP contribution is -2.28. The second kappa shape index (κ2) is 6.42. The normalized spacial score (nSPS) is 16.0. The van der Waals surface area contributed by atoms with E-state index >= 15 is 0 Å². The number of fused-ring (bicyclic) bond motifs is 1. The summed E-state index contributed by atoms with van der Waals surface area (Å²) in [6, 6.07) is 12.2. The minimum absolute atomic E-state index is 0.114. The topological polar surface area (TPSA) is 66.4 Å². The number of benzene rings is 2. The van der Waals surface area contributed by atoms with Gasteiger partial charge >= 0.3 is 5.97 Å². The van der Waals surface area contributed by atoms with Crippen LogP contribution in [0.25, 0.3) is 0 Å². The van der Waals surface area contributed by atoms with Gasteiger partial charge in [0, 0.05) is 5.02 Å². The fourth-order valence-electron chi connectivity index (χ4n) is 2.95. The Kier molecular flexibility index (Phi) is 4.35. The standard InChI is InChI=1S/C18H16ClNO3/c19-15-4-2-1-3-12(15)10-17(21)20-16-8-7-11-5-6-13(18(22)23)9-14(11)16/h1-6,9,16H,7-8,10H2,(H,20,21)(H,22,23)/t16-/m1/s1. The van der Waals surface area contributed by atoms with Crippen LogP contribution in [-0.4, -0.2) is 17.0 Å². The molecule has 0 fully saturated rings. The highest BCUT2D eigenvalue weighted by Crippen LogP contribution is 2.32. The predicted molar refractivity (Wildman–Crippen MR) is 87.8 cm³/mol. The highest BCUT2D eigenvalue weighted by atomic mass is 35.5. The summed E-state index contributed by atoms with van der Waals surface area (Å²) in [7, 11) is 0. The van der Waals surface area contributed by atoms with E-state index in [1.807, 2.05) is 24.3 Å². The van der Waals surface area contributed by atoms with Crippen molar-refractivity contribution in [2.45, 2.75) is 25.3 Å². The molecule has 0 aromatic heterocycles. The minimum atomic E-state index is -0.958. The number of hydrogen-bond donors (Lipinski definition) is 2. The molecule has 2 N–H and O–H groups in total. The fraction of sp³-hybridized carbons (Fsp3) is 0.222. The molecule has 1 aliphatic rings. The first kappa shape index (κ1) is 15.6. The largest absolute Gasteiger partial charge is 0.478 e. The zero-order chi connectivity index (χ0) is 16.4. The van der Waals surface area contributed by atoms with E-state index in [0.717, 1.165) is 29.5 Å². The maximum atomic E-state index is 12.3. The molecule has 118 valence electrons. The van der Waals surface area contributed by atoms with Gasteiger partial charge in [-0.15, -0.1) is 0 Å². The molecular formula is C18H16ClNO3. The van der Waals surface area contributed by atoms with Crippen LogP contribution >= 0.6 is 11.6 Å². The third-order valence-corrected chi connectivity index (χ3v) is 4.48. The van der Waals surface area contributed by atoms with Crippen molar-refractivity contribution in [2.24, 2.45) is 0 Å². The van der Waals surface area contributed by atoms with Crippen molar-refractivity contribution < 1.29 is 14.7 Å². The van der Waals surface area contributed by atoms with Crippen LogP contribution in [0.1, 0.15) is 39.5 Å². The molecule has 3 rings (SSSR count). The van der Waals surface area contributed by atoms with Gasteiger partial charge < -0.3 is 10.4 Å². The van der Waals surface area contributed by atoms with Crippen LogP contribution in [0.4, 0.5) is 0 Å². The molecule has 2 aromatic carbocycles. The molecule has 1 atom stereocenters. The predicted octanol–water partition coefficient (Wildman–Crippen LogP) is 3.38. The molecule has 0 bridgehead atoms. The van der Waals surface area contributed by atoms with Gasteiger partial charge in [0.25, 0.3) is 0 Å². The second-order valence-corrected chi connectivity index (χ2v) is 6.05. The van der Waals surface area contributed by atoms with E-state index in [1.54, 1.807) is 18.2 Å². The first-order chi connectivity index (χ1) is 11.0. The van der Waals surface area contributed by atoms with Crippen LogP contribution in [0.5, 0.6) is 0 Å². The van der Waals surface area contributed by atoms with Gasteiger partial charge in [-0.1, -0.05) is 35.9 Å². The molecule has 1 aliphatic carbocycles. The number of aromatic carboxylic acids is 1. The highest BCUT2D eigenvalue weighted by molar-refractivity contribution is 6.31. The number of aryl methyl sites for hydroxylation is 1. The third kappa shape index (κ3) is 3.37. The van der Waals surface area contributed by atoms with Crippen LogP contribution in [0.3, 0.4) is 0 Å². The van der Waals surface area contributed by atoms with Crippen LogP contribution in [0.15, 0.2) is 42.5 Å². The molecule has 0 heterocycles. The molecule has 0 aliphatic heterocycles. The van der Waals surface area contributed by atoms with Gasteiger partial charge in [0.05, 0.1) is 18.0 Å². The molecule has 4 nitrogen and oxygen atoms in total. The lowest BCUT2D eigenvalue weighted by Gasteiger charge is -2.15. The number of carbonyl (C=O) groups excluding carboxylic acids is 1. The van der Waals surface area contributed by atoms with Crippen molar-refractivity contribution in [3.63, 3.8) is 0 Å². The van der Waals surface area contributed by atoms with Crippen LogP contribution in [0.2, 0.25) is 5.02 Å². The Balaban J connectivity index is 1.73. The maximum Gasteiger partial charge on any atom is 0.335 e. The van der Waals surface area contributed by atoms with Gasteiger partial charge in [0.2, 0.25) is 5.91 Å². The average Bonchev–Trinajstić information content (AvgIpc) is 2.92. The zero-order valence-electron chi connectivity index (χ0n) is 12.4. The number of carboxylic acids is 1. The number of carboxylic acid groups (broad SMARTS) is 1. The lowest BCUT2D eigenvalue weighted by atomic mass is 10.0. The number of nitrogens with one attached hydrogen (secondary N) is 1. The number of hydrogen-bond acceptors (Lipinski definition) is 2. The zero-order valence-corrected chi connectivity index (χ0v) is 13.1. The lowest BCUT2D eigenvalue weighted by molar-refractivity contribution is -0.121. The summed E-state index contributed by atoms with van der Waals surface area (Å²) in [6.07, 6.45) is 1.84. The summed E-state index contributed by atoms with van der Waals surface area (Å²) >= 11 is 6.08. The van der Waals surface area contributed by atoms with Crippen LogP contribution in [-0.2, 0) is 17.6 Å². The van der Waals surface area contributed by atoms with Crippen LogP contribution < -0.4 is 5.32 Å². The molecule has 0 saturated carbocycles. The van der Waals surface area contributed by atoms with Crippen molar-refractivity contribution in [2.75, 3.05) is 0 Å². The summed E-state index contributed by atoms with van der Waals surface area (Å²) in [4.78, 5) is 23.4. The molecule has 23 heavy (non-hydrogen) atoms. The molecular weight excluding hydrogens is 314 g/mol. The first-order valence-electron chi connectivity index (χ1n) is 7.43. The van der Waals surface area contributed by atoms with Gasteiger partial charge in [0.1, 0.15) is 0 Å². The molecule has 0 saturated heterocycles. The second-order valence-electron chi connectivity index (χ2n) is 5.65. The Bertz CT molecular complexity index is 773. The molecule has 0 spiro atoms. The monoisotopic (exact) mass is 329 g/mol. The molecule has 1 amide bonds. The molecule has 5 heteroatoms. The summed E-state index contributed by atoms with van der Waals surface area (Å²) in [5.41, 5.74) is 3.02. The van der Waals surface area contributed by atoms with E-state index in [0.29, 0.717) is 5.02 Å². The van der Waals surface area contributed by atoms with Gasteiger partial charge in [-0.25, -0.2) is 4.79 Å². The van der Waals surface area contributed by atoms with Gasteiger partial charge in [-0.2, -0.15) is 0 Å². The molecule has 0 radical (unpaired) electrons. The van der Waals surface area contributed by atoms with Crippen molar-refractivity contribution in [1.29, 1.82) is 0 Å². The van der Waals surface area contributed by atoms with Crippen molar-refractivity contribution in [3.8, 4) is 0 Å². The van der Waals surface area contributed by atoms with E-state index in [-0.39, 0.29) is 23.9 Å². The van der Waals surface area contributed by atoms with Gasteiger partial charge in [-0.3, -0.25) is 4.79 Å². The Morgan fingerprint density at radius 1 is 1.22 bits per heavy atom. The van der Waals surface area contributed by atoms with Gasteiger partial charge in [0.15, 0.2) is 0 Å². The number of rotatable bonds is 4. The number of halogens is 1. The fourth-order valence-corrected chi connectivity index (χ4v) is 3.15. The van der Waals surface area contributed by atoms with E-state index in [4.69, 9.17) is 16.7 Å². The van der Waals surface area contributed by atoms with Crippen LogP contribution in [0, 0.1) is 0 Å². The van der Waals surface area contributed by atoms with E-state index in [9.17, 15) is 9.59 Å². The SMILES string of the molecule is O=C(Cc1ccccc1Cl)N[C@@H]1CCc2ccc(C(=O)O)cc21. The quantitative estimate of drug-likeness (QED) is 0.903. The number of amides is 1. The van der Waals surface area contributed by atoms with Crippen molar-refractivity contribution in [3.05, 3.63) is 69.7 Å². The Labute approximate surface area is 139 Å². The Morgan fingerprint density at radius 2 is 2.00 bits per heavy atom. The summed E-state index contributed by atoms with van der Waals surface area (Å²) in [6.45, 7) is 0. The Hall–Kier alpha value is -2.33. The average molecular weight is 330 g/mol. The first-order valence-corrected chi connectivity index (χ1v) is 7.81. The van der Waals surface area contributed by atoms with Crippen molar-refractivity contribution in [1.82, 2.24) is 5.32 Å². The van der Waals surface area contributed by atoms with Crippen molar-refractivity contribution >= 4 is 23.5 Å². The molecule has 2 aromatic rings. The highest BCUT2D eigenvalue weighted by Gasteiger charge is 2.25. The number of carbonyl (C=O) groups is 2. The smallest absolute Gasteiger partial charge is 0.335 e. The van der Waals surface area contributed by atoms with E-state index < -0.39 is 5.97 Å². The van der Waals surface area contributed by atoms with E-state index in [1.165, 1.54) is 0 Å². The molecule has 0 unspecified atom stereocenters. The summed E-state index contributed by atoms with van der Waals surface area (Å²) in [5, 5.41) is 12.7. The summed E-state index contributed by atoms with van der Waals surface area (Å²) < 4.78 is 0. The minimum Gasteiger partial charge on any atom is -0.478 e. The van der Waals surface area contributed by atoms with E-state index in [2.05, 4.69) is 5.32 Å².